The third-order valence-electron chi connectivity index (χ3n) is 4.04. The molecular weight excluding hydrogens is 346 g/mol. The largest absolute Gasteiger partial charge is 0.376 e. The van der Waals surface area contributed by atoms with Crippen molar-refractivity contribution < 1.29 is 9.59 Å². The van der Waals surface area contributed by atoms with E-state index in [0.29, 0.717) is 22.8 Å². The topological polar surface area (TPSA) is 61.4 Å². The molecule has 0 fully saturated rings. The number of carbonyl (C=O) groups excluding carboxylic acids is 2. The SMILES string of the molecule is CNC(=O)c1ccc(NCC(=O)N2CCc3sccc3C2)cc1Cl. The molecule has 0 saturated carbocycles. The van der Waals surface area contributed by atoms with Crippen molar-refractivity contribution in [1.82, 2.24) is 10.2 Å². The van der Waals surface area contributed by atoms with Crippen LogP contribution < -0.4 is 10.6 Å². The van der Waals surface area contributed by atoms with Gasteiger partial charge in [-0.05, 0) is 41.6 Å². The number of rotatable bonds is 4. The molecule has 1 aliphatic heterocycles. The Hall–Kier alpha value is -2.05. The Balaban J connectivity index is 1.59. The number of hydrogen-bond donors (Lipinski definition) is 2. The molecule has 2 aromatic rings. The molecule has 0 aliphatic carbocycles. The quantitative estimate of drug-likeness (QED) is 0.878. The molecule has 2 heterocycles. The molecule has 1 aromatic carbocycles. The van der Waals surface area contributed by atoms with E-state index in [1.807, 2.05) is 4.90 Å². The number of amides is 2. The molecule has 0 spiro atoms. The average Bonchev–Trinajstić information content (AvgIpc) is 3.06. The van der Waals surface area contributed by atoms with Gasteiger partial charge in [-0.2, -0.15) is 0 Å². The summed E-state index contributed by atoms with van der Waals surface area (Å²) in [4.78, 5) is 27.2. The van der Waals surface area contributed by atoms with E-state index in [9.17, 15) is 9.59 Å². The van der Waals surface area contributed by atoms with Crippen LogP contribution in [-0.4, -0.2) is 36.9 Å². The second-order valence-electron chi connectivity index (χ2n) is 5.56. The van der Waals surface area contributed by atoms with Crippen molar-refractivity contribution in [2.24, 2.45) is 0 Å². The zero-order valence-corrected chi connectivity index (χ0v) is 14.8. The number of halogens is 1. The summed E-state index contributed by atoms with van der Waals surface area (Å²) in [6.45, 7) is 1.63. The van der Waals surface area contributed by atoms with Crippen molar-refractivity contribution in [3.63, 3.8) is 0 Å². The average molecular weight is 364 g/mol. The molecule has 2 amide bonds. The van der Waals surface area contributed by atoms with E-state index >= 15 is 0 Å². The maximum atomic E-state index is 12.4. The zero-order valence-electron chi connectivity index (χ0n) is 13.3. The van der Waals surface area contributed by atoms with Crippen molar-refractivity contribution in [3.8, 4) is 0 Å². The molecule has 24 heavy (non-hydrogen) atoms. The monoisotopic (exact) mass is 363 g/mol. The van der Waals surface area contributed by atoms with E-state index in [4.69, 9.17) is 11.6 Å². The minimum absolute atomic E-state index is 0.0540. The lowest BCUT2D eigenvalue weighted by Crippen LogP contribution is -2.38. The van der Waals surface area contributed by atoms with Gasteiger partial charge in [0, 0.05) is 30.7 Å². The summed E-state index contributed by atoms with van der Waals surface area (Å²) in [5, 5.41) is 8.05. The molecule has 126 valence electrons. The molecule has 1 aliphatic rings. The summed E-state index contributed by atoms with van der Waals surface area (Å²) >= 11 is 7.87. The summed E-state index contributed by atoms with van der Waals surface area (Å²) in [7, 11) is 1.56. The van der Waals surface area contributed by atoms with Crippen molar-refractivity contribution in [2.45, 2.75) is 13.0 Å². The lowest BCUT2D eigenvalue weighted by atomic mass is 10.1. The summed E-state index contributed by atoms with van der Waals surface area (Å²) in [5.41, 5.74) is 2.38. The van der Waals surface area contributed by atoms with Crippen LogP contribution in [0, 0.1) is 0 Å². The predicted molar refractivity (Wildman–Crippen MR) is 96.8 cm³/mol. The summed E-state index contributed by atoms with van der Waals surface area (Å²) < 4.78 is 0. The first-order valence-electron chi connectivity index (χ1n) is 7.67. The molecule has 0 saturated heterocycles. The molecule has 1 aromatic heterocycles. The second-order valence-corrected chi connectivity index (χ2v) is 6.97. The van der Waals surface area contributed by atoms with Gasteiger partial charge in [0.1, 0.15) is 0 Å². The minimum atomic E-state index is -0.234. The standard InChI is InChI=1S/C17H18ClN3O2S/c1-19-17(23)13-3-2-12(8-14(13)18)20-9-16(22)21-6-4-15-11(10-21)5-7-24-15/h2-3,5,7-8,20H,4,6,9-10H2,1H3,(H,19,23). The highest BCUT2D eigenvalue weighted by molar-refractivity contribution is 7.10. The molecule has 5 nitrogen and oxygen atoms in total. The number of thiophene rings is 1. The van der Waals surface area contributed by atoms with Crippen LogP contribution in [-0.2, 0) is 17.8 Å². The van der Waals surface area contributed by atoms with Crippen LogP contribution in [0.2, 0.25) is 5.02 Å². The summed E-state index contributed by atoms with van der Waals surface area (Å²) in [6.07, 6.45) is 0.922. The van der Waals surface area contributed by atoms with Crippen molar-refractivity contribution in [2.75, 3.05) is 25.5 Å². The molecule has 0 radical (unpaired) electrons. The van der Waals surface area contributed by atoms with E-state index in [0.717, 1.165) is 13.0 Å². The molecular formula is C17H18ClN3O2S. The minimum Gasteiger partial charge on any atom is -0.376 e. The number of carbonyl (C=O) groups is 2. The van der Waals surface area contributed by atoms with Crippen LogP contribution >= 0.6 is 22.9 Å². The Bertz CT molecular complexity index is 775. The smallest absolute Gasteiger partial charge is 0.252 e. The Morgan fingerprint density at radius 2 is 2.17 bits per heavy atom. The summed E-state index contributed by atoms with van der Waals surface area (Å²) in [5.74, 6) is -0.180. The van der Waals surface area contributed by atoms with Gasteiger partial charge < -0.3 is 15.5 Å². The molecule has 2 N–H and O–H groups in total. The highest BCUT2D eigenvalue weighted by atomic mass is 35.5. The zero-order chi connectivity index (χ0) is 17.1. The van der Waals surface area contributed by atoms with Crippen LogP contribution in [0.5, 0.6) is 0 Å². The van der Waals surface area contributed by atoms with Gasteiger partial charge in [-0.15, -0.1) is 11.3 Å². The number of hydrogen-bond acceptors (Lipinski definition) is 4. The van der Waals surface area contributed by atoms with Gasteiger partial charge in [-0.3, -0.25) is 9.59 Å². The van der Waals surface area contributed by atoms with Crippen molar-refractivity contribution >= 4 is 40.4 Å². The molecule has 3 rings (SSSR count). The first-order valence-corrected chi connectivity index (χ1v) is 8.92. The number of nitrogens with one attached hydrogen (secondary N) is 2. The lowest BCUT2D eigenvalue weighted by Gasteiger charge is -2.27. The molecule has 0 bridgehead atoms. The highest BCUT2D eigenvalue weighted by Gasteiger charge is 2.21. The van der Waals surface area contributed by atoms with Crippen molar-refractivity contribution in [3.05, 3.63) is 50.7 Å². The highest BCUT2D eigenvalue weighted by Crippen LogP contribution is 2.24. The van der Waals surface area contributed by atoms with Crippen LogP contribution in [0.3, 0.4) is 0 Å². The van der Waals surface area contributed by atoms with Crippen LogP contribution in [0.15, 0.2) is 29.6 Å². The van der Waals surface area contributed by atoms with E-state index in [1.165, 1.54) is 10.4 Å². The van der Waals surface area contributed by atoms with Gasteiger partial charge in [0.05, 0.1) is 17.1 Å². The maximum absolute atomic E-state index is 12.4. The van der Waals surface area contributed by atoms with E-state index in [2.05, 4.69) is 22.1 Å². The Morgan fingerprint density at radius 3 is 2.92 bits per heavy atom. The Morgan fingerprint density at radius 1 is 1.33 bits per heavy atom. The van der Waals surface area contributed by atoms with Crippen LogP contribution in [0.4, 0.5) is 5.69 Å². The third-order valence-corrected chi connectivity index (χ3v) is 5.38. The Labute approximate surface area is 149 Å². The lowest BCUT2D eigenvalue weighted by molar-refractivity contribution is -0.130. The van der Waals surface area contributed by atoms with Crippen LogP contribution in [0.25, 0.3) is 0 Å². The first-order chi connectivity index (χ1) is 11.6. The van der Waals surface area contributed by atoms with Gasteiger partial charge in [-0.1, -0.05) is 11.6 Å². The predicted octanol–water partition coefficient (Wildman–Crippen LogP) is 2.76. The Kier molecular flexibility index (Phi) is 5.06. The third kappa shape index (κ3) is 3.55. The van der Waals surface area contributed by atoms with E-state index in [-0.39, 0.29) is 18.4 Å². The number of nitrogens with zero attached hydrogens (tertiary/aromatic N) is 1. The fourth-order valence-corrected chi connectivity index (χ4v) is 3.85. The normalized spacial score (nSPS) is 13.3. The van der Waals surface area contributed by atoms with E-state index < -0.39 is 0 Å². The van der Waals surface area contributed by atoms with Gasteiger partial charge in [0.15, 0.2) is 0 Å². The number of fused-ring (bicyclic) bond motifs is 1. The van der Waals surface area contributed by atoms with Gasteiger partial charge in [0.2, 0.25) is 5.91 Å². The molecule has 0 atom stereocenters. The van der Waals surface area contributed by atoms with Crippen LogP contribution in [0.1, 0.15) is 20.8 Å². The molecule has 0 unspecified atom stereocenters. The fraction of sp³-hybridized carbons (Fsp3) is 0.294. The summed E-state index contributed by atoms with van der Waals surface area (Å²) in [6, 6.07) is 7.14. The van der Waals surface area contributed by atoms with Gasteiger partial charge in [0.25, 0.3) is 5.91 Å². The number of benzene rings is 1. The second kappa shape index (κ2) is 7.23. The van der Waals surface area contributed by atoms with Gasteiger partial charge in [-0.25, -0.2) is 0 Å². The fourth-order valence-electron chi connectivity index (χ4n) is 2.69. The maximum Gasteiger partial charge on any atom is 0.252 e. The van der Waals surface area contributed by atoms with Gasteiger partial charge >= 0.3 is 0 Å². The van der Waals surface area contributed by atoms with E-state index in [1.54, 1.807) is 36.6 Å². The molecule has 7 heteroatoms. The van der Waals surface area contributed by atoms with Crippen molar-refractivity contribution in [1.29, 1.82) is 0 Å². The first kappa shape index (κ1) is 16.8. The number of anilines is 1.